The van der Waals surface area contributed by atoms with Gasteiger partial charge in [0.1, 0.15) is 0 Å². The molecule has 0 rings (SSSR count). The van der Waals surface area contributed by atoms with Gasteiger partial charge in [-0.1, -0.05) is 6.92 Å². The van der Waals surface area contributed by atoms with Crippen molar-refractivity contribution < 1.29 is 0 Å². The van der Waals surface area contributed by atoms with Crippen LogP contribution >= 0.6 is 0 Å². The first kappa shape index (κ1) is 9.92. The molecule has 2 N–H and O–H groups in total. The van der Waals surface area contributed by atoms with Gasteiger partial charge >= 0.3 is 0 Å². The standard InChI is InChI=1S/C8H20N2/c1-6-7(10(4)5)8(2,3)9/h7H,6,9H2,1-5H3. The van der Waals surface area contributed by atoms with E-state index >= 15 is 0 Å². The van der Waals surface area contributed by atoms with E-state index < -0.39 is 0 Å². The van der Waals surface area contributed by atoms with E-state index in [0.717, 1.165) is 6.42 Å². The van der Waals surface area contributed by atoms with Crippen LogP contribution in [0.3, 0.4) is 0 Å². The first-order chi connectivity index (χ1) is 4.39. The molecule has 1 atom stereocenters. The summed E-state index contributed by atoms with van der Waals surface area (Å²) >= 11 is 0. The highest BCUT2D eigenvalue weighted by Crippen LogP contribution is 2.12. The Morgan fingerprint density at radius 3 is 1.80 bits per heavy atom. The lowest BCUT2D eigenvalue weighted by Gasteiger charge is -2.34. The second kappa shape index (κ2) is 3.35. The minimum atomic E-state index is -0.0851. The molecule has 0 aromatic heterocycles. The Morgan fingerprint density at radius 2 is 1.80 bits per heavy atom. The van der Waals surface area contributed by atoms with Crippen LogP contribution in [0.1, 0.15) is 27.2 Å². The Balaban J connectivity index is 4.07. The summed E-state index contributed by atoms with van der Waals surface area (Å²) in [5, 5.41) is 0. The highest BCUT2D eigenvalue weighted by molar-refractivity contribution is 4.86. The molecular weight excluding hydrogens is 124 g/mol. The van der Waals surface area contributed by atoms with Crippen LogP contribution in [0.2, 0.25) is 0 Å². The third-order valence-electron chi connectivity index (χ3n) is 1.87. The molecule has 2 heteroatoms. The van der Waals surface area contributed by atoms with Gasteiger partial charge < -0.3 is 10.6 Å². The number of rotatable bonds is 3. The second-order valence-corrected chi connectivity index (χ2v) is 3.71. The van der Waals surface area contributed by atoms with Gasteiger partial charge in [-0.3, -0.25) is 0 Å². The molecule has 2 nitrogen and oxygen atoms in total. The minimum absolute atomic E-state index is 0.0851. The second-order valence-electron chi connectivity index (χ2n) is 3.71. The van der Waals surface area contributed by atoms with Crippen LogP contribution in [0, 0.1) is 0 Å². The summed E-state index contributed by atoms with van der Waals surface area (Å²) in [5.41, 5.74) is 5.86. The van der Waals surface area contributed by atoms with Gasteiger partial charge in [0.15, 0.2) is 0 Å². The molecule has 0 heterocycles. The Morgan fingerprint density at radius 1 is 1.40 bits per heavy atom. The molecule has 10 heavy (non-hydrogen) atoms. The lowest BCUT2D eigenvalue weighted by atomic mass is 9.93. The molecule has 0 aliphatic heterocycles. The highest BCUT2D eigenvalue weighted by atomic mass is 15.1. The van der Waals surface area contributed by atoms with Gasteiger partial charge in [0.05, 0.1) is 0 Å². The van der Waals surface area contributed by atoms with Gasteiger partial charge in [-0.25, -0.2) is 0 Å². The number of likely N-dealkylation sites (N-methyl/N-ethyl adjacent to an activating group) is 1. The minimum Gasteiger partial charge on any atom is -0.324 e. The molecule has 0 aliphatic rings. The van der Waals surface area contributed by atoms with E-state index in [1.807, 2.05) is 0 Å². The third kappa shape index (κ3) is 2.67. The maximum atomic E-state index is 5.95. The topological polar surface area (TPSA) is 29.3 Å². The average molecular weight is 144 g/mol. The van der Waals surface area contributed by atoms with Gasteiger partial charge in [0, 0.05) is 11.6 Å². The number of hydrogen-bond acceptors (Lipinski definition) is 2. The third-order valence-corrected chi connectivity index (χ3v) is 1.87. The van der Waals surface area contributed by atoms with Gasteiger partial charge in [-0.05, 0) is 34.4 Å². The first-order valence-electron chi connectivity index (χ1n) is 3.85. The van der Waals surface area contributed by atoms with Crippen LogP contribution in [0.25, 0.3) is 0 Å². The van der Waals surface area contributed by atoms with Gasteiger partial charge in [0.25, 0.3) is 0 Å². The van der Waals surface area contributed by atoms with Crippen molar-refractivity contribution in [3.63, 3.8) is 0 Å². The van der Waals surface area contributed by atoms with Crippen LogP contribution in [0.15, 0.2) is 0 Å². The van der Waals surface area contributed by atoms with E-state index in [4.69, 9.17) is 5.73 Å². The Bertz CT molecular complexity index is 91.9. The fraction of sp³-hybridized carbons (Fsp3) is 1.00. The zero-order valence-electron chi connectivity index (χ0n) is 7.81. The van der Waals surface area contributed by atoms with E-state index in [-0.39, 0.29) is 5.54 Å². The molecule has 0 fully saturated rings. The normalized spacial score (nSPS) is 15.9. The van der Waals surface area contributed by atoms with Gasteiger partial charge in [-0.15, -0.1) is 0 Å². The average Bonchev–Trinajstić information content (AvgIpc) is 1.60. The molecule has 0 amide bonds. The molecular formula is C8H20N2. The molecule has 0 aliphatic carbocycles. The number of nitrogens with zero attached hydrogens (tertiary/aromatic N) is 1. The maximum absolute atomic E-state index is 5.95. The zero-order valence-corrected chi connectivity index (χ0v) is 7.81. The van der Waals surface area contributed by atoms with Crippen molar-refractivity contribution in [3.8, 4) is 0 Å². The van der Waals surface area contributed by atoms with E-state index in [1.54, 1.807) is 0 Å². The summed E-state index contributed by atoms with van der Waals surface area (Å²) in [6, 6.07) is 0.479. The van der Waals surface area contributed by atoms with E-state index in [0.29, 0.717) is 6.04 Å². The van der Waals surface area contributed by atoms with Crippen LogP contribution in [0.5, 0.6) is 0 Å². The monoisotopic (exact) mass is 144 g/mol. The molecule has 0 aromatic rings. The quantitative estimate of drug-likeness (QED) is 0.642. The molecule has 0 saturated carbocycles. The van der Waals surface area contributed by atoms with E-state index in [1.165, 1.54) is 0 Å². The molecule has 0 radical (unpaired) electrons. The van der Waals surface area contributed by atoms with Crippen molar-refractivity contribution in [3.05, 3.63) is 0 Å². The summed E-state index contributed by atoms with van der Waals surface area (Å²) in [4.78, 5) is 2.18. The summed E-state index contributed by atoms with van der Waals surface area (Å²) in [5.74, 6) is 0. The fourth-order valence-corrected chi connectivity index (χ4v) is 1.56. The van der Waals surface area contributed by atoms with Crippen molar-refractivity contribution in [1.82, 2.24) is 4.90 Å². The maximum Gasteiger partial charge on any atom is 0.0261 e. The molecule has 0 spiro atoms. The number of nitrogens with two attached hydrogens (primary N) is 1. The number of hydrogen-bond donors (Lipinski definition) is 1. The van der Waals surface area contributed by atoms with E-state index in [2.05, 4.69) is 39.8 Å². The van der Waals surface area contributed by atoms with Gasteiger partial charge in [-0.2, -0.15) is 0 Å². The van der Waals surface area contributed by atoms with Crippen molar-refractivity contribution in [2.45, 2.75) is 38.8 Å². The summed E-state index contributed by atoms with van der Waals surface area (Å²) in [6.45, 7) is 6.31. The lowest BCUT2D eigenvalue weighted by Crippen LogP contribution is -2.51. The SMILES string of the molecule is CCC(N(C)C)C(C)(C)N. The van der Waals surface area contributed by atoms with Crippen LogP contribution < -0.4 is 5.73 Å². The lowest BCUT2D eigenvalue weighted by molar-refractivity contribution is 0.196. The first-order valence-corrected chi connectivity index (χ1v) is 3.85. The van der Waals surface area contributed by atoms with Crippen molar-refractivity contribution >= 4 is 0 Å². The molecule has 0 aromatic carbocycles. The van der Waals surface area contributed by atoms with Gasteiger partial charge in [0.2, 0.25) is 0 Å². The molecule has 1 unspecified atom stereocenters. The van der Waals surface area contributed by atoms with Crippen molar-refractivity contribution in [1.29, 1.82) is 0 Å². The smallest absolute Gasteiger partial charge is 0.0261 e. The molecule has 0 saturated heterocycles. The zero-order chi connectivity index (χ0) is 8.36. The Kier molecular flexibility index (Phi) is 3.33. The predicted molar refractivity (Wildman–Crippen MR) is 46.0 cm³/mol. The summed E-state index contributed by atoms with van der Waals surface area (Å²) in [6.07, 6.45) is 1.11. The van der Waals surface area contributed by atoms with Crippen molar-refractivity contribution in [2.24, 2.45) is 5.73 Å². The van der Waals surface area contributed by atoms with Crippen molar-refractivity contribution in [2.75, 3.05) is 14.1 Å². The summed E-state index contributed by atoms with van der Waals surface area (Å²) in [7, 11) is 4.14. The molecule has 62 valence electrons. The fourth-order valence-electron chi connectivity index (χ4n) is 1.56. The Labute approximate surface area is 64.4 Å². The largest absolute Gasteiger partial charge is 0.324 e. The van der Waals surface area contributed by atoms with E-state index in [9.17, 15) is 0 Å². The Hall–Kier alpha value is -0.0800. The van der Waals surface area contributed by atoms with Crippen LogP contribution in [0.4, 0.5) is 0 Å². The predicted octanol–water partition coefficient (Wildman–Crippen LogP) is 1.06. The molecule has 0 bridgehead atoms. The summed E-state index contributed by atoms with van der Waals surface area (Å²) < 4.78 is 0. The van der Waals surface area contributed by atoms with Crippen LogP contribution in [-0.4, -0.2) is 30.6 Å². The highest BCUT2D eigenvalue weighted by Gasteiger charge is 2.24. The van der Waals surface area contributed by atoms with Crippen LogP contribution in [-0.2, 0) is 0 Å².